The fourth-order valence-corrected chi connectivity index (χ4v) is 5.16. The summed E-state index contributed by atoms with van der Waals surface area (Å²) in [4.78, 5) is 32.4. The molecular formula is C27H21FN2O4S. The van der Waals surface area contributed by atoms with E-state index in [1.165, 1.54) is 23.1 Å². The molecule has 8 heteroatoms. The number of amides is 1. The Hall–Kier alpha value is -4.04. The van der Waals surface area contributed by atoms with Gasteiger partial charge in [-0.1, -0.05) is 53.3 Å². The van der Waals surface area contributed by atoms with E-state index in [9.17, 15) is 19.1 Å². The maximum absolute atomic E-state index is 13.8. The molecule has 0 saturated carbocycles. The van der Waals surface area contributed by atoms with E-state index in [2.05, 4.69) is 4.98 Å². The number of aliphatic hydroxyl groups is 1. The normalized spacial score (nSPS) is 17.3. The third-order valence-electron chi connectivity index (χ3n) is 5.80. The fourth-order valence-electron chi connectivity index (χ4n) is 4.14. The highest BCUT2D eigenvalue weighted by Gasteiger charge is 2.48. The summed E-state index contributed by atoms with van der Waals surface area (Å²) >= 11 is 1.11. The van der Waals surface area contributed by atoms with Crippen molar-refractivity contribution in [1.29, 1.82) is 0 Å². The number of aromatic nitrogens is 1. The van der Waals surface area contributed by atoms with Gasteiger partial charge in [0.2, 0.25) is 0 Å². The smallest absolute Gasteiger partial charge is 0.301 e. The van der Waals surface area contributed by atoms with E-state index in [-0.39, 0.29) is 16.5 Å². The van der Waals surface area contributed by atoms with Crippen LogP contribution in [0.15, 0.2) is 72.3 Å². The largest absolute Gasteiger partial charge is 0.507 e. The lowest BCUT2D eigenvalue weighted by atomic mass is 9.95. The van der Waals surface area contributed by atoms with Crippen LogP contribution < -0.4 is 9.64 Å². The Balaban J connectivity index is 1.72. The molecule has 1 unspecified atom stereocenters. The molecule has 1 aliphatic rings. The molecule has 176 valence electrons. The quantitative estimate of drug-likeness (QED) is 0.219. The average molecular weight is 489 g/mol. The van der Waals surface area contributed by atoms with Crippen molar-refractivity contribution < 1.29 is 23.8 Å². The summed E-state index contributed by atoms with van der Waals surface area (Å²) in [5.74, 6) is -1.76. The Labute approximate surface area is 204 Å². The van der Waals surface area contributed by atoms with Gasteiger partial charge >= 0.3 is 5.91 Å². The molecule has 1 aliphatic heterocycles. The van der Waals surface area contributed by atoms with E-state index in [1.54, 1.807) is 36.4 Å². The topological polar surface area (TPSA) is 79.7 Å². The fraction of sp³-hybridized carbons (Fsp3) is 0.148. The van der Waals surface area contributed by atoms with Gasteiger partial charge in [-0.15, -0.1) is 0 Å². The number of halogens is 1. The number of rotatable bonds is 5. The predicted octanol–water partition coefficient (Wildman–Crippen LogP) is 5.77. The number of nitrogens with zero attached hydrogens (tertiary/aromatic N) is 2. The summed E-state index contributed by atoms with van der Waals surface area (Å²) in [5, 5.41) is 11.5. The predicted molar refractivity (Wildman–Crippen MR) is 133 cm³/mol. The Morgan fingerprint density at radius 1 is 1.11 bits per heavy atom. The van der Waals surface area contributed by atoms with Crippen molar-refractivity contribution in [2.24, 2.45) is 0 Å². The summed E-state index contributed by atoms with van der Waals surface area (Å²) in [6.07, 6.45) is 0. The third kappa shape index (κ3) is 4.06. The molecule has 1 amide bonds. The van der Waals surface area contributed by atoms with Crippen molar-refractivity contribution in [1.82, 2.24) is 4.98 Å². The molecule has 1 saturated heterocycles. The SMILES string of the molecule is CCOc1cccc(C2/C(=C(\O)c3ccc(C)cc3)C(=O)C(=O)N2c2nc3ccc(F)cc3s2)c1. The summed E-state index contributed by atoms with van der Waals surface area (Å²) in [6, 6.07) is 17.3. The van der Waals surface area contributed by atoms with Crippen LogP contribution in [0.1, 0.15) is 29.7 Å². The first-order chi connectivity index (χ1) is 16.9. The van der Waals surface area contributed by atoms with Crippen molar-refractivity contribution in [2.45, 2.75) is 19.9 Å². The van der Waals surface area contributed by atoms with Gasteiger partial charge in [-0.3, -0.25) is 14.5 Å². The molecule has 5 rings (SSSR count). The van der Waals surface area contributed by atoms with E-state index >= 15 is 0 Å². The first kappa shape index (κ1) is 22.7. The number of hydrogen-bond donors (Lipinski definition) is 1. The summed E-state index contributed by atoms with van der Waals surface area (Å²) in [5.41, 5.74) is 2.46. The van der Waals surface area contributed by atoms with E-state index < -0.39 is 23.5 Å². The van der Waals surface area contributed by atoms with Crippen molar-refractivity contribution in [3.8, 4) is 5.75 Å². The highest BCUT2D eigenvalue weighted by Crippen LogP contribution is 2.44. The van der Waals surface area contributed by atoms with Gasteiger partial charge in [0.25, 0.3) is 5.78 Å². The number of aryl methyl sites for hydroxylation is 1. The van der Waals surface area contributed by atoms with Crippen LogP contribution in [0.4, 0.5) is 9.52 Å². The Kier molecular flexibility index (Phi) is 5.82. The number of Topliss-reactive ketones (excluding diaryl/α,β-unsaturated/α-hetero) is 1. The zero-order valence-electron chi connectivity index (χ0n) is 19.0. The van der Waals surface area contributed by atoms with Gasteiger partial charge in [0.05, 0.1) is 28.4 Å². The number of fused-ring (bicyclic) bond motifs is 1. The number of ketones is 1. The van der Waals surface area contributed by atoms with Crippen LogP contribution in [0, 0.1) is 12.7 Å². The molecule has 1 atom stereocenters. The van der Waals surface area contributed by atoms with Gasteiger partial charge in [-0.05, 0) is 49.7 Å². The van der Waals surface area contributed by atoms with Gasteiger partial charge in [-0.25, -0.2) is 9.37 Å². The number of aliphatic hydroxyl groups excluding tert-OH is 1. The summed E-state index contributed by atoms with van der Waals surface area (Å²) in [6.45, 7) is 4.21. The standard InChI is InChI=1S/C27H21FN2O4S/c1-3-34-19-6-4-5-17(13-19)23-22(24(31)16-9-7-15(2)8-10-16)25(32)26(33)30(23)27-29-20-12-11-18(28)14-21(20)35-27/h4-14,23,31H,3H2,1-2H3/b24-22+. The first-order valence-electron chi connectivity index (χ1n) is 11.0. The van der Waals surface area contributed by atoms with Crippen LogP contribution in [0.3, 0.4) is 0 Å². The molecule has 0 radical (unpaired) electrons. The van der Waals surface area contributed by atoms with Gasteiger partial charge < -0.3 is 9.84 Å². The minimum atomic E-state index is -0.942. The van der Waals surface area contributed by atoms with Crippen molar-refractivity contribution in [2.75, 3.05) is 11.5 Å². The van der Waals surface area contributed by atoms with Gasteiger partial charge in [-0.2, -0.15) is 0 Å². The molecular weight excluding hydrogens is 467 g/mol. The number of ether oxygens (including phenoxy) is 1. The molecule has 1 aromatic heterocycles. The minimum absolute atomic E-state index is 0.0436. The lowest BCUT2D eigenvalue weighted by molar-refractivity contribution is -0.132. The second-order valence-electron chi connectivity index (χ2n) is 8.15. The highest BCUT2D eigenvalue weighted by atomic mass is 32.1. The number of benzene rings is 3. The van der Waals surface area contributed by atoms with Crippen LogP contribution in [0.25, 0.3) is 16.0 Å². The Morgan fingerprint density at radius 2 is 1.89 bits per heavy atom. The number of carbonyl (C=O) groups excluding carboxylic acids is 2. The van der Waals surface area contributed by atoms with Crippen LogP contribution >= 0.6 is 11.3 Å². The first-order valence-corrected chi connectivity index (χ1v) is 11.9. The summed E-state index contributed by atoms with van der Waals surface area (Å²) < 4.78 is 20.0. The Bertz CT molecular complexity index is 1490. The molecule has 2 heterocycles. The highest BCUT2D eigenvalue weighted by molar-refractivity contribution is 7.22. The van der Waals surface area contributed by atoms with Crippen LogP contribution in [-0.2, 0) is 9.59 Å². The number of thiazole rings is 1. The monoisotopic (exact) mass is 488 g/mol. The van der Waals surface area contributed by atoms with E-state index in [0.717, 1.165) is 16.9 Å². The maximum Gasteiger partial charge on any atom is 0.301 e. The molecule has 35 heavy (non-hydrogen) atoms. The molecule has 6 nitrogen and oxygen atoms in total. The van der Waals surface area contributed by atoms with E-state index in [1.807, 2.05) is 26.0 Å². The molecule has 4 aromatic rings. The molecule has 1 N–H and O–H groups in total. The minimum Gasteiger partial charge on any atom is -0.507 e. The van der Waals surface area contributed by atoms with Crippen LogP contribution in [-0.4, -0.2) is 28.4 Å². The van der Waals surface area contributed by atoms with E-state index in [0.29, 0.717) is 33.7 Å². The number of hydrogen-bond acceptors (Lipinski definition) is 6. The molecule has 3 aromatic carbocycles. The van der Waals surface area contributed by atoms with Crippen LogP contribution in [0.2, 0.25) is 0 Å². The lowest BCUT2D eigenvalue weighted by Crippen LogP contribution is -2.29. The van der Waals surface area contributed by atoms with Gasteiger partial charge in [0, 0.05) is 5.56 Å². The van der Waals surface area contributed by atoms with Crippen molar-refractivity contribution >= 4 is 44.1 Å². The molecule has 0 aliphatic carbocycles. The van der Waals surface area contributed by atoms with Gasteiger partial charge in [0.1, 0.15) is 17.3 Å². The lowest BCUT2D eigenvalue weighted by Gasteiger charge is -2.23. The van der Waals surface area contributed by atoms with Gasteiger partial charge in [0.15, 0.2) is 5.13 Å². The molecule has 0 spiro atoms. The molecule has 0 bridgehead atoms. The summed E-state index contributed by atoms with van der Waals surface area (Å²) in [7, 11) is 0. The average Bonchev–Trinajstić information content (AvgIpc) is 3.37. The number of anilines is 1. The van der Waals surface area contributed by atoms with E-state index in [4.69, 9.17) is 4.74 Å². The zero-order chi connectivity index (χ0) is 24.7. The maximum atomic E-state index is 13.8. The van der Waals surface area contributed by atoms with Crippen molar-refractivity contribution in [3.05, 3.63) is 94.8 Å². The second kappa shape index (κ2) is 8.96. The van der Waals surface area contributed by atoms with Crippen molar-refractivity contribution in [3.63, 3.8) is 0 Å². The second-order valence-corrected chi connectivity index (χ2v) is 9.16. The zero-order valence-corrected chi connectivity index (χ0v) is 19.8. The molecule has 1 fully saturated rings. The third-order valence-corrected chi connectivity index (χ3v) is 6.82. The number of carbonyl (C=O) groups is 2. The van der Waals surface area contributed by atoms with Crippen LogP contribution in [0.5, 0.6) is 5.75 Å². The Morgan fingerprint density at radius 3 is 2.63 bits per heavy atom.